The van der Waals surface area contributed by atoms with Gasteiger partial charge in [0.05, 0.1) is 0 Å². The Labute approximate surface area is 107 Å². The third kappa shape index (κ3) is 2.88. The van der Waals surface area contributed by atoms with Crippen molar-refractivity contribution in [2.24, 2.45) is 0 Å². The molecule has 1 aromatic rings. The first-order chi connectivity index (χ1) is 8.76. The van der Waals surface area contributed by atoms with E-state index in [1.165, 1.54) is 0 Å². The fraction of sp³-hybridized carbons (Fsp3) is 0.429. The standard InChI is InChI=1S/C14H16N2O2/c1-2-16(12-6-7-12)14(18)13-8-5-11(10-15-13)4-3-9-17/h5,8,10,12,17H,2,6-7,9H2,1H3. The molecule has 0 aromatic carbocycles. The van der Waals surface area contributed by atoms with Crippen molar-refractivity contribution in [3.05, 3.63) is 29.6 Å². The van der Waals surface area contributed by atoms with E-state index >= 15 is 0 Å². The summed E-state index contributed by atoms with van der Waals surface area (Å²) in [5.74, 6) is 5.28. The summed E-state index contributed by atoms with van der Waals surface area (Å²) in [6.45, 7) is 2.53. The van der Waals surface area contributed by atoms with Gasteiger partial charge in [-0.05, 0) is 31.9 Å². The Morgan fingerprint density at radius 2 is 2.33 bits per heavy atom. The van der Waals surface area contributed by atoms with Crippen molar-refractivity contribution >= 4 is 5.91 Å². The second-order valence-corrected chi connectivity index (χ2v) is 4.21. The number of carbonyl (C=O) groups is 1. The van der Waals surface area contributed by atoms with Crippen LogP contribution in [-0.4, -0.2) is 40.1 Å². The molecule has 1 aliphatic rings. The summed E-state index contributed by atoms with van der Waals surface area (Å²) in [6, 6.07) is 3.84. The zero-order chi connectivity index (χ0) is 13.0. The van der Waals surface area contributed by atoms with Crippen LogP contribution >= 0.6 is 0 Å². The normalized spacial score (nSPS) is 13.7. The second-order valence-electron chi connectivity index (χ2n) is 4.21. The fourth-order valence-electron chi connectivity index (χ4n) is 1.84. The van der Waals surface area contributed by atoms with Gasteiger partial charge in [0.25, 0.3) is 5.91 Å². The number of hydrogen-bond donors (Lipinski definition) is 1. The SMILES string of the molecule is CCN(C(=O)c1ccc(C#CCO)cn1)C1CC1. The lowest BCUT2D eigenvalue weighted by atomic mass is 10.2. The Balaban J connectivity index is 2.10. The van der Waals surface area contributed by atoms with Crippen LogP contribution < -0.4 is 0 Å². The number of carbonyl (C=O) groups excluding carboxylic acids is 1. The molecule has 0 bridgehead atoms. The van der Waals surface area contributed by atoms with Gasteiger partial charge in [0.15, 0.2) is 0 Å². The Morgan fingerprint density at radius 3 is 2.83 bits per heavy atom. The molecule has 1 N–H and O–H groups in total. The highest BCUT2D eigenvalue weighted by Crippen LogP contribution is 2.27. The summed E-state index contributed by atoms with van der Waals surface area (Å²) in [4.78, 5) is 18.2. The summed E-state index contributed by atoms with van der Waals surface area (Å²) >= 11 is 0. The maximum Gasteiger partial charge on any atom is 0.272 e. The number of amides is 1. The van der Waals surface area contributed by atoms with Gasteiger partial charge in [-0.15, -0.1) is 0 Å². The minimum Gasteiger partial charge on any atom is -0.384 e. The molecular formula is C14H16N2O2. The minimum absolute atomic E-state index is 0.0123. The first-order valence-corrected chi connectivity index (χ1v) is 6.13. The first kappa shape index (κ1) is 12.6. The highest BCUT2D eigenvalue weighted by molar-refractivity contribution is 5.92. The molecular weight excluding hydrogens is 228 g/mol. The Morgan fingerprint density at radius 1 is 1.56 bits per heavy atom. The van der Waals surface area contributed by atoms with E-state index in [1.807, 2.05) is 11.8 Å². The average Bonchev–Trinajstić information content (AvgIpc) is 3.22. The minimum atomic E-state index is -0.175. The van der Waals surface area contributed by atoms with Crippen molar-refractivity contribution in [1.29, 1.82) is 0 Å². The Bertz CT molecular complexity index is 481. The van der Waals surface area contributed by atoms with E-state index in [0.717, 1.165) is 19.4 Å². The van der Waals surface area contributed by atoms with E-state index in [1.54, 1.807) is 18.3 Å². The third-order valence-corrected chi connectivity index (χ3v) is 2.88. The van der Waals surface area contributed by atoms with Crippen LogP contribution in [0.2, 0.25) is 0 Å². The van der Waals surface area contributed by atoms with Crippen molar-refractivity contribution in [1.82, 2.24) is 9.88 Å². The van der Waals surface area contributed by atoms with Crippen LogP contribution in [0.4, 0.5) is 0 Å². The summed E-state index contributed by atoms with van der Waals surface area (Å²) < 4.78 is 0. The number of pyridine rings is 1. The zero-order valence-electron chi connectivity index (χ0n) is 10.4. The Kier molecular flexibility index (Phi) is 3.96. The average molecular weight is 244 g/mol. The zero-order valence-corrected chi connectivity index (χ0v) is 10.4. The van der Waals surface area contributed by atoms with Crippen LogP contribution in [0, 0.1) is 11.8 Å². The van der Waals surface area contributed by atoms with Crippen molar-refractivity contribution in [3.63, 3.8) is 0 Å². The summed E-state index contributed by atoms with van der Waals surface area (Å²) in [5.41, 5.74) is 1.16. The molecule has 1 amide bonds. The van der Waals surface area contributed by atoms with E-state index < -0.39 is 0 Å². The first-order valence-electron chi connectivity index (χ1n) is 6.13. The van der Waals surface area contributed by atoms with Gasteiger partial charge in [-0.1, -0.05) is 11.8 Å². The van der Waals surface area contributed by atoms with Gasteiger partial charge in [-0.3, -0.25) is 4.79 Å². The second kappa shape index (κ2) is 5.65. The maximum atomic E-state index is 12.2. The van der Waals surface area contributed by atoms with Crippen LogP contribution in [0.15, 0.2) is 18.3 Å². The molecule has 1 heterocycles. The Hall–Kier alpha value is -1.86. The molecule has 0 spiro atoms. The highest BCUT2D eigenvalue weighted by Gasteiger charge is 2.32. The molecule has 4 heteroatoms. The van der Waals surface area contributed by atoms with Crippen LogP contribution in [-0.2, 0) is 0 Å². The number of hydrogen-bond acceptors (Lipinski definition) is 3. The van der Waals surface area contributed by atoms with Crippen molar-refractivity contribution < 1.29 is 9.90 Å². The predicted molar refractivity (Wildman–Crippen MR) is 67.9 cm³/mol. The van der Waals surface area contributed by atoms with Gasteiger partial charge in [-0.25, -0.2) is 4.98 Å². The highest BCUT2D eigenvalue weighted by atomic mass is 16.2. The van der Waals surface area contributed by atoms with Crippen LogP contribution in [0.25, 0.3) is 0 Å². The van der Waals surface area contributed by atoms with Crippen LogP contribution in [0.3, 0.4) is 0 Å². The van der Waals surface area contributed by atoms with Gasteiger partial charge in [0.2, 0.25) is 0 Å². The number of aliphatic hydroxyl groups excluding tert-OH is 1. The van der Waals surface area contributed by atoms with Gasteiger partial charge in [0, 0.05) is 24.3 Å². The van der Waals surface area contributed by atoms with E-state index in [9.17, 15) is 4.79 Å². The third-order valence-electron chi connectivity index (χ3n) is 2.88. The van der Waals surface area contributed by atoms with Gasteiger partial charge in [0.1, 0.15) is 12.3 Å². The van der Waals surface area contributed by atoms with E-state index in [-0.39, 0.29) is 12.5 Å². The molecule has 0 saturated heterocycles. The largest absolute Gasteiger partial charge is 0.384 e. The predicted octanol–water partition coefficient (Wildman–Crippen LogP) is 1.05. The molecule has 18 heavy (non-hydrogen) atoms. The molecule has 1 aromatic heterocycles. The van der Waals surface area contributed by atoms with Gasteiger partial charge >= 0.3 is 0 Å². The molecule has 0 radical (unpaired) electrons. The molecule has 2 rings (SSSR count). The monoisotopic (exact) mass is 244 g/mol. The lowest BCUT2D eigenvalue weighted by Crippen LogP contribution is -2.33. The van der Waals surface area contributed by atoms with E-state index in [0.29, 0.717) is 17.3 Å². The van der Waals surface area contributed by atoms with Crippen molar-refractivity contribution in [2.45, 2.75) is 25.8 Å². The maximum absolute atomic E-state index is 12.2. The molecule has 94 valence electrons. The van der Waals surface area contributed by atoms with Crippen LogP contribution in [0.1, 0.15) is 35.8 Å². The molecule has 0 atom stereocenters. The molecule has 1 fully saturated rings. The van der Waals surface area contributed by atoms with Gasteiger partial charge in [-0.2, -0.15) is 0 Å². The van der Waals surface area contributed by atoms with Crippen LogP contribution in [0.5, 0.6) is 0 Å². The molecule has 1 saturated carbocycles. The summed E-state index contributed by atoms with van der Waals surface area (Å²) in [6.07, 6.45) is 3.76. The quantitative estimate of drug-likeness (QED) is 0.809. The van der Waals surface area contributed by atoms with Crippen molar-refractivity contribution in [2.75, 3.05) is 13.2 Å². The number of aliphatic hydroxyl groups is 1. The van der Waals surface area contributed by atoms with E-state index in [4.69, 9.17) is 5.11 Å². The molecule has 1 aliphatic carbocycles. The fourth-order valence-corrected chi connectivity index (χ4v) is 1.84. The lowest BCUT2D eigenvalue weighted by molar-refractivity contribution is 0.0746. The topological polar surface area (TPSA) is 53.4 Å². The number of rotatable bonds is 3. The smallest absolute Gasteiger partial charge is 0.272 e. The number of nitrogens with zero attached hydrogens (tertiary/aromatic N) is 2. The van der Waals surface area contributed by atoms with Gasteiger partial charge < -0.3 is 10.0 Å². The number of aromatic nitrogens is 1. The lowest BCUT2D eigenvalue weighted by Gasteiger charge is -2.19. The molecule has 0 unspecified atom stereocenters. The molecule has 0 aliphatic heterocycles. The summed E-state index contributed by atoms with van der Waals surface area (Å²) in [7, 11) is 0. The summed E-state index contributed by atoms with van der Waals surface area (Å²) in [5, 5.41) is 8.59. The molecule has 4 nitrogen and oxygen atoms in total. The van der Waals surface area contributed by atoms with Crippen molar-refractivity contribution in [3.8, 4) is 11.8 Å². The van der Waals surface area contributed by atoms with E-state index in [2.05, 4.69) is 16.8 Å².